The lowest BCUT2D eigenvalue weighted by Gasteiger charge is -2.32. The summed E-state index contributed by atoms with van der Waals surface area (Å²) in [5.74, 6) is 1.45. The van der Waals surface area contributed by atoms with Gasteiger partial charge in [-0.1, -0.05) is 60.7 Å². The minimum Gasteiger partial charge on any atom is -0.455 e. The third kappa shape index (κ3) is 5.24. The largest absolute Gasteiger partial charge is 0.455 e. The van der Waals surface area contributed by atoms with Gasteiger partial charge in [0.05, 0.1) is 11.6 Å². The molecule has 148 valence electrons. The number of nitrogens with zero attached hydrogens (tertiary/aromatic N) is 1. The molecule has 3 aromatic carbocycles. The third-order valence-electron chi connectivity index (χ3n) is 5.24. The van der Waals surface area contributed by atoms with E-state index < -0.39 is 0 Å². The lowest BCUT2D eigenvalue weighted by Crippen LogP contribution is -2.40. The van der Waals surface area contributed by atoms with Crippen LogP contribution in [-0.4, -0.2) is 23.9 Å². The molecule has 4 heteroatoms. The van der Waals surface area contributed by atoms with Gasteiger partial charge in [-0.15, -0.1) is 0 Å². The number of likely N-dealkylation sites (tertiary alicyclic amines) is 1. The zero-order chi connectivity index (χ0) is 19.9. The summed E-state index contributed by atoms with van der Waals surface area (Å²) in [6.07, 6.45) is 1.95. The summed E-state index contributed by atoms with van der Waals surface area (Å²) >= 11 is 0. The molecule has 0 unspecified atom stereocenters. The number of anilines is 1. The van der Waals surface area contributed by atoms with Gasteiger partial charge in [-0.05, 0) is 49.2 Å². The van der Waals surface area contributed by atoms with Crippen molar-refractivity contribution >= 4 is 11.6 Å². The first-order valence-corrected chi connectivity index (χ1v) is 10.2. The molecule has 1 aliphatic rings. The topological polar surface area (TPSA) is 41.6 Å². The maximum Gasteiger partial charge on any atom is 0.228 e. The van der Waals surface area contributed by atoms with Gasteiger partial charge in [0.25, 0.3) is 0 Å². The quantitative estimate of drug-likeness (QED) is 0.623. The first-order valence-electron chi connectivity index (χ1n) is 10.2. The second-order valence-corrected chi connectivity index (χ2v) is 7.46. The normalized spacial score (nSPS) is 16.9. The van der Waals surface area contributed by atoms with Crippen LogP contribution in [0.2, 0.25) is 0 Å². The van der Waals surface area contributed by atoms with Crippen LogP contribution in [0.1, 0.15) is 18.4 Å². The summed E-state index contributed by atoms with van der Waals surface area (Å²) in [6, 6.07) is 27.7. The van der Waals surface area contributed by atoms with E-state index in [1.807, 2.05) is 60.7 Å². The second kappa shape index (κ2) is 9.39. The predicted octanol–water partition coefficient (Wildman–Crippen LogP) is 5.33. The van der Waals surface area contributed by atoms with E-state index in [-0.39, 0.29) is 11.8 Å². The molecule has 29 heavy (non-hydrogen) atoms. The lowest BCUT2D eigenvalue weighted by atomic mass is 9.96. The second-order valence-electron chi connectivity index (χ2n) is 7.46. The molecule has 0 spiro atoms. The van der Waals surface area contributed by atoms with Crippen LogP contribution in [0.3, 0.4) is 0 Å². The Morgan fingerprint density at radius 2 is 1.62 bits per heavy atom. The van der Waals surface area contributed by atoms with Gasteiger partial charge in [-0.25, -0.2) is 0 Å². The fourth-order valence-corrected chi connectivity index (χ4v) is 3.76. The minimum absolute atomic E-state index is 0.0164. The first-order chi connectivity index (χ1) is 14.3. The van der Waals surface area contributed by atoms with Crippen LogP contribution in [0.15, 0.2) is 84.9 Å². The minimum atomic E-state index is -0.0164. The highest BCUT2D eigenvalue weighted by Crippen LogP contribution is 2.30. The van der Waals surface area contributed by atoms with E-state index in [9.17, 15) is 4.79 Å². The molecule has 0 aromatic heterocycles. The number of hydrogen-bond acceptors (Lipinski definition) is 3. The summed E-state index contributed by atoms with van der Waals surface area (Å²) in [5, 5.41) is 3.09. The number of benzene rings is 3. The van der Waals surface area contributed by atoms with Crippen LogP contribution in [-0.2, 0) is 11.3 Å². The van der Waals surface area contributed by atoms with Gasteiger partial charge in [-0.2, -0.15) is 0 Å². The fourth-order valence-electron chi connectivity index (χ4n) is 3.76. The summed E-state index contributed by atoms with van der Waals surface area (Å²) in [6.45, 7) is 2.70. The van der Waals surface area contributed by atoms with Crippen molar-refractivity contribution in [3.05, 3.63) is 90.5 Å². The monoisotopic (exact) mass is 386 g/mol. The molecule has 0 radical (unpaired) electrons. The molecule has 1 heterocycles. The molecule has 0 bridgehead atoms. The molecule has 1 atom stereocenters. The number of rotatable bonds is 6. The van der Waals surface area contributed by atoms with Gasteiger partial charge in [-0.3, -0.25) is 9.69 Å². The van der Waals surface area contributed by atoms with Gasteiger partial charge < -0.3 is 10.1 Å². The van der Waals surface area contributed by atoms with Crippen LogP contribution in [0, 0.1) is 5.92 Å². The van der Waals surface area contributed by atoms with Crippen molar-refractivity contribution in [2.75, 3.05) is 18.4 Å². The average molecular weight is 386 g/mol. The van der Waals surface area contributed by atoms with Gasteiger partial charge in [0, 0.05) is 13.1 Å². The molecule has 1 N–H and O–H groups in total. The van der Waals surface area contributed by atoms with Crippen LogP contribution in [0.25, 0.3) is 0 Å². The van der Waals surface area contributed by atoms with Crippen molar-refractivity contribution in [2.45, 2.75) is 19.4 Å². The third-order valence-corrected chi connectivity index (χ3v) is 5.24. The molecular weight excluding hydrogens is 360 g/mol. The van der Waals surface area contributed by atoms with Gasteiger partial charge in [0.15, 0.2) is 5.75 Å². The Labute approximate surface area is 172 Å². The molecule has 0 saturated carbocycles. The molecule has 1 saturated heterocycles. The number of hydrogen-bond donors (Lipinski definition) is 1. The molecule has 1 fully saturated rings. The molecular formula is C25H26N2O2. The zero-order valence-corrected chi connectivity index (χ0v) is 16.5. The van der Waals surface area contributed by atoms with E-state index in [1.54, 1.807) is 0 Å². The zero-order valence-electron chi connectivity index (χ0n) is 16.5. The standard InChI is InChI=1S/C25H26N2O2/c28-25(21-12-9-17-27(19-21)18-20-10-3-1-4-11-20)26-23-15-7-8-16-24(23)29-22-13-5-2-6-14-22/h1-8,10-11,13-16,21H,9,12,17-19H2,(H,26,28)/t21-/m0/s1. The van der Waals surface area contributed by atoms with Crippen molar-refractivity contribution < 1.29 is 9.53 Å². The van der Waals surface area contributed by atoms with Crippen LogP contribution in [0.4, 0.5) is 5.69 Å². The first kappa shape index (κ1) is 19.2. The van der Waals surface area contributed by atoms with Crippen molar-refractivity contribution in [1.82, 2.24) is 4.90 Å². The number of nitrogens with one attached hydrogen (secondary N) is 1. The Balaban J connectivity index is 1.40. The maximum atomic E-state index is 13.0. The van der Waals surface area contributed by atoms with Gasteiger partial charge >= 0.3 is 0 Å². The average Bonchev–Trinajstić information content (AvgIpc) is 2.77. The van der Waals surface area contributed by atoms with Crippen molar-refractivity contribution in [1.29, 1.82) is 0 Å². The van der Waals surface area contributed by atoms with Crippen LogP contribution < -0.4 is 10.1 Å². The SMILES string of the molecule is O=C(Nc1ccccc1Oc1ccccc1)[C@H]1CCCN(Cc2ccccc2)C1. The lowest BCUT2D eigenvalue weighted by molar-refractivity contribution is -0.121. The molecule has 4 rings (SSSR count). The number of carbonyl (C=O) groups is 1. The van der Waals surface area contributed by atoms with E-state index in [0.29, 0.717) is 11.4 Å². The van der Waals surface area contributed by atoms with Crippen LogP contribution in [0.5, 0.6) is 11.5 Å². The number of piperidine rings is 1. The summed E-state index contributed by atoms with van der Waals surface area (Å²) in [5.41, 5.74) is 2.00. The Morgan fingerprint density at radius 3 is 2.41 bits per heavy atom. The Bertz CT molecular complexity index is 928. The highest BCUT2D eigenvalue weighted by molar-refractivity contribution is 5.94. The molecule has 1 amide bonds. The number of ether oxygens (including phenoxy) is 1. The summed E-state index contributed by atoms with van der Waals surface area (Å²) < 4.78 is 5.97. The molecule has 3 aromatic rings. The van der Waals surface area contributed by atoms with Crippen molar-refractivity contribution in [3.63, 3.8) is 0 Å². The van der Waals surface area contributed by atoms with E-state index in [1.165, 1.54) is 5.56 Å². The van der Waals surface area contributed by atoms with Gasteiger partial charge in [0.2, 0.25) is 5.91 Å². The van der Waals surface area contributed by atoms with E-state index in [2.05, 4.69) is 34.5 Å². The van der Waals surface area contributed by atoms with Crippen molar-refractivity contribution in [3.8, 4) is 11.5 Å². The smallest absolute Gasteiger partial charge is 0.228 e. The Kier molecular flexibility index (Phi) is 6.22. The molecule has 4 nitrogen and oxygen atoms in total. The van der Waals surface area contributed by atoms with E-state index >= 15 is 0 Å². The number of carbonyl (C=O) groups excluding carboxylic acids is 1. The highest BCUT2D eigenvalue weighted by Gasteiger charge is 2.26. The van der Waals surface area contributed by atoms with Crippen molar-refractivity contribution in [2.24, 2.45) is 5.92 Å². The summed E-state index contributed by atoms with van der Waals surface area (Å²) in [7, 11) is 0. The molecule has 1 aliphatic heterocycles. The fraction of sp³-hybridized carbons (Fsp3) is 0.240. The molecule has 0 aliphatic carbocycles. The van der Waals surface area contributed by atoms with Crippen LogP contribution >= 0.6 is 0 Å². The Morgan fingerprint density at radius 1 is 0.931 bits per heavy atom. The highest BCUT2D eigenvalue weighted by atomic mass is 16.5. The van der Waals surface area contributed by atoms with Gasteiger partial charge in [0.1, 0.15) is 5.75 Å². The predicted molar refractivity (Wildman–Crippen MR) is 116 cm³/mol. The number of amides is 1. The summed E-state index contributed by atoms with van der Waals surface area (Å²) in [4.78, 5) is 15.3. The number of para-hydroxylation sites is 3. The maximum absolute atomic E-state index is 13.0. The van der Waals surface area contributed by atoms with E-state index in [4.69, 9.17) is 4.74 Å². The Hall–Kier alpha value is -3.11. The van der Waals surface area contributed by atoms with E-state index in [0.717, 1.165) is 38.2 Å².